The average Bonchev–Trinajstić information content (AvgIpc) is 3.20. The standard InChI is InChI=1S/C32H19Br/c33-28-19-27(24-17-16-20-8-4-5-11-23(20)18-24)31-25-14-6-12-21-13-7-15-26(29(21)25)32(31)30(28)22-9-2-1-3-10-22/h1-19H. The molecule has 0 amide bonds. The summed E-state index contributed by atoms with van der Waals surface area (Å²) >= 11 is 3.98. The van der Waals surface area contributed by atoms with Crippen molar-refractivity contribution < 1.29 is 0 Å². The lowest BCUT2D eigenvalue weighted by Gasteiger charge is -2.18. The minimum absolute atomic E-state index is 1.13. The molecule has 0 atom stereocenters. The van der Waals surface area contributed by atoms with Crippen LogP contribution in [-0.2, 0) is 0 Å². The Labute approximate surface area is 201 Å². The highest BCUT2D eigenvalue weighted by atomic mass is 79.9. The molecule has 154 valence electrons. The van der Waals surface area contributed by atoms with Gasteiger partial charge in [0.15, 0.2) is 0 Å². The lowest BCUT2D eigenvalue weighted by atomic mass is 9.87. The van der Waals surface area contributed by atoms with Gasteiger partial charge in [-0.05, 0) is 72.6 Å². The Hall–Kier alpha value is -3.68. The van der Waals surface area contributed by atoms with Crippen molar-refractivity contribution in [2.45, 2.75) is 0 Å². The molecule has 6 aromatic carbocycles. The van der Waals surface area contributed by atoms with Crippen LogP contribution in [0.15, 0.2) is 120 Å². The molecule has 33 heavy (non-hydrogen) atoms. The number of hydrogen-bond acceptors (Lipinski definition) is 0. The SMILES string of the molecule is Brc1cc(-c2ccc3ccccc3c2)c2c(c1-c1ccccc1)-c1cccc3cccc-2c13. The van der Waals surface area contributed by atoms with Crippen molar-refractivity contribution in [3.05, 3.63) is 120 Å². The Morgan fingerprint density at radius 1 is 0.394 bits per heavy atom. The van der Waals surface area contributed by atoms with E-state index in [2.05, 4.69) is 131 Å². The first-order valence-electron chi connectivity index (χ1n) is 11.2. The minimum Gasteiger partial charge on any atom is -0.0622 e. The van der Waals surface area contributed by atoms with E-state index in [0.717, 1.165) is 4.47 Å². The summed E-state index contributed by atoms with van der Waals surface area (Å²) in [6.45, 7) is 0. The molecule has 0 saturated heterocycles. The predicted molar refractivity (Wildman–Crippen MR) is 144 cm³/mol. The van der Waals surface area contributed by atoms with Crippen molar-refractivity contribution in [2.75, 3.05) is 0 Å². The second-order valence-corrected chi connectivity index (χ2v) is 9.52. The first-order valence-corrected chi connectivity index (χ1v) is 12.0. The van der Waals surface area contributed by atoms with E-state index in [-0.39, 0.29) is 0 Å². The summed E-state index contributed by atoms with van der Waals surface area (Å²) in [7, 11) is 0. The summed E-state index contributed by atoms with van der Waals surface area (Å²) in [4.78, 5) is 0. The normalized spacial score (nSPS) is 11.8. The molecule has 0 heterocycles. The van der Waals surface area contributed by atoms with Crippen LogP contribution in [0.2, 0.25) is 0 Å². The minimum atomic E-state index is 1.13. The molecular formula is C32H19Br. The molecule has 6 aromatic rings. The molecule has 0 bridgehead atoms. The highest BCUT2D eigenvalue weighted by Gasteiger charge is 2.29. The van der Waals surface area contributed by atoms with Crippen molar-refractivity contribution in [1.29, 1.82) is 0 Å². The lowest BCUT2D eigenvalue weighted by molar-refractivity contribution is 1.57. The molecule has 0 aromatic heterocycles. The van der Waals surface area contributed by atoms with Gasteiger partial charge in [-0.15, -0.1) is 0 Å². The summed E-state index contributed by atoms with van der Waals surface area (Å²) in [5.41, 5.74) is 10.3. The van der Waals surface area contributed by atoms with E-state index in [0.29, 0.717) is 0 Å². The van der Waals surface area contributed by atoms with Crippen LogP contribution in [0.25, 0.3) is 66.1 Å². The van der Waals surface area contributed by atoms with Crippen LogP contribution >= 0.6 is 15.9 Å². The maximum absolute atomic E-state index is 3.98. The fourth-order valence-corrected chi connectivity index (χ4v) is 6.08. The van der Waals surface area contributed by atoms with Gasteiger partial charge in [0.25, 0.3) is 0 Å². The van der Waals surface area contributed by atoms with E-state index in [9.17, 15) is 0 Å². The van der Waals surface area contributed by atoms with Gasteiger partial charge in [0.05, 0.1) is 0 Å². The first kappa shape index (κ1) is 18.8. The van der Waals surface area contributed by atoms with Crippen LogP contribution < -0.4 is 0 Å². The van der Waals surface area contributed by atoms with Gasteiger partial charge in [-0.2, -0.15) is 0 Å². The van der Waals surface area contributed by atoms with Gasteiger partial charge in [-0.1, -0.05) is 119 Å². The Bertz CT molecular complexity index is 1710. The third-order valence-corrected chi connectivity index (χ3v) is 7.47. The van der Waals surface area contributed by atoms with Gasteiger partial charge < -0.3 is 0 Å². The highest BCUT2D eigenvalue weighted by Crippen LogP contribution is 2.56. The predicted octanol–water partition coefficient (Wildman–Crippen LogP) is 9.74. The van der Waals surface area contributed by atoms with E-state index in [1.54, 1.807) is 0 Å². The highest BCUT2D eigenvalue weighted by molar-refractivity contribution is 9.10. The smallest absolute Gasteiger partial charge is 0.0266 e. The van der Waals surface area contributed by atoms with Crippen molar-refractivity contribution in [1.82, 2.24) is 0 Å². The van der Waals surface area contributed by atoms with Crippen molar-refractivity contribution in [3.8, 4) is 44.5 Å². The zero-order chi connectivity index (χ0) is 21.9. The average molecular weight is 483 g/mol. The topological polar surface area (TPSA) is 0 Å². The summed E-state index contributed by atoms with van der Waals surface area (Å²) in [5.74, 6) is 0. The third-order valence-electron chi connectivity index (χ3n) is 6.85. The number of rotatable bonds is 2. The largest absolute Gasteiger partial charge is 0.0622 e. The van der Waals surface area contributed by atoms with Crippen LogP contribution in [0.4, 0.5) is 0 Å². The molecule has 0 spiro atoms. The van der Waals surface area contributed by atoms with Crippen molar-refractivity contribution >= 4 is 37.5 Å². The van der Waals surface area contributed by atoms with E-state index in [4.69, 9.17) is 0 Å². The molecule has 1 aliphatic carbocycles. The third kappa shape index (κ3) is 2.76. The van der Waals surface area contributed by atoms with Gasteiger partial charge in [0, 0.05) is 10.0 Å². The van der Waals surface area contributed by atoms with Gasteiger partial charge in [-0.3, -0.25) is 0 Å². The number of fused-ring (bicyclic) bond motifs is 4. The molecule has 0 N–H and O–H groups in total. The van der Waals surface area contributed by atoms with Gasteiger partial charge in [0.1, 0.15) is 0 Å². The van der Waals surface area contributed by atoms with Crippen LogP contribution in [-0.4, -0.2) is 0 Å². The van der Waals surface area contributed by atoms with E-state index in [1.807, 2.05) is 0 Å². The molecular weight excluding hydrogens is 464 g/mol. The van der Waals surface area contributed by atoms with Crippen LogP contribution in [0.3, 0.4) is 0 Å². The molecule has 0 nitrogen and oxygen atoms in total. The summed E-state index contributed by atoms with van der Waals surface area (Å²) in [6, 6.07) is 41.8. The molecule has 0 unspecified atom stereocenters. The van der Waals surface area contributed by atoms with E-state index < -0.39 is 0 Å². The molecule has 0 radical (unpaired) electrons. The van der Waals surface area contributed by atoms with Crippen LogP contribution in [0, 0.1) is 0 Å². The monoisotopic (exact) mass is 482 g/mol. The second-order valence-electron chi connectivity index (χ2n) is 8.67. The molecule has 0 saturated carbocycles. The van der Waals surface area contributed by atoms with Gasteiger partial charge in [0.2, 0.25) is 0 Å². The fraction of sp³-hybridized carbons (Fsp3) is 0. The van der Waals surface area contributed by atoms with Crippen molar-refractivity contribution in [2.24, 2.45) is 0 Å². The van der Waals surface area contributed by atoms with E-state index >= 15 is 0 Å². The Morgan fingerprint density at radius 2 is 1.06 bits per heavy atom. The maximum Gasteiger partial charge on any atom is 0.0266 e. The molecule has 1 aliphatic rings. The second kappa shape index (κ2) is 7.16. The number of hydrogen-bond donors (Lipinski definition) is 0. The van der Waals surface area contributed by atoms with Crippen LogP contribution in [0.5, 0.6) is 0 Å². The quantitative estimate of drug-likeness (QED) is 0.230. The first-order chi connectivity index (χ1) is 16.3. The maximum atomic E-state index is 3.98. The Kier molecular flexibility index (Phi) is 4.09. The van der Waals surface area contributed by atoms with Crippen molar-refractivity contribution in [3.63, 3.8) is 0 Å². The van der Waals surface area contributed by atoms with Gasteiger partial charge in [-0.25, -0.2) is 0 Å². The zero-order valence-electron chi connectivity index (χ0n) is 17.8. The van der Waals surface area contributed by atoms with Crippen LogP contribution in [0.1, 0.15) is 0 Å². The van der Waals surface area contributed by atoms with Gasteiger partial charge >= 0.3 is 0 Å². The number of halogens is 1. The molecule has 1 heteroatoms. The zero-order valence-corrected chi connectivity index (χ0v) is 19.4. The summed E-state index contributed by atoms with van der Waals surface area (Å²) in [5, 5.41) is 5.18. The number of benzene rings is 6. The fourth-order valence-electron chi connectivity index (χ4n) is 5.43. The Morgan fingerprint density at radius 3 is 1.85 bits per heavy atom. The molecule has 0 aliphatic heterocycles. The van der Waals surface area contributed by atoms with E-state index in [1.165, 1.54) is 66.1 Å². The Balaban J connectivity index is 1.63. The summed E-state index contributed by atoms with van der Waals surface area (Å²) < 4.78 is 1.13. The summed E-state index contributed by atoms with van der Waals surface area (Å²) in [6.07, 6.45) is 0. The lowest BCUT2D eigenvalue weighted by Crippen LogP contribution is -1.91. The molecule has 0 fully saturated rings. The molecule has 7 rings (SSSR count).